The van der Waals surface area contributed by atoms with Gasteiger partial charge in [-0.3, -0.25) is 0 Å². The fourth-order valence-electron chi connectivity index (χ4n) is 1.81. The van der Waals surface area contributed by atoms with Crippen molar-refractivity contribution in [2.75, 3.05) is 7.11 Å². The number of benzene rings is 1. The molecule has 0 atom stereocenters. The molecule has 0 unspecified atom stereocenters. The number of rotatable bonds is 3. The van der Waals surface area contributed by atoms with Crippen molar-refractivity contribution >= 4 is 21.6 Å². The van der Waals surface area contributed by atoms with E-state index < -0.39 is 0 Å². The topological polar surface area (TPSA) is 44.2 Å². The number of thiazole rings is 1. The molecule has 3 rings (SSSR count). The molecule has 19 heavy (non-hydrogen) atoms. The Labute approximate surface area is 114 Å². The second-order valence-electron chi connectivity index (χ2n) is 3.98. The van der Waals surface area contributed by atoms with Crippen molar-refractivity contribution in [3.8, 4) is 17.4 Å². The zero-order chi connectivity index (χ0) is 13.2. The predicted molar refractivity (Wildman–Crippen MR) is 75.2 cm³/mol. The first-order valence-electron chi connectivity index (χ1n) is 5.80. The van der Waals surface area contributed by atoms with Gasteiger partial charge in [0, 0.05) is 12.3 Å². The number of aryl methyl sites for hydroxylation is 1. The van der Waals surface area contributed by atoms with E-state index in [9.17, 15) is 0 Å². The lowest BCUT2D eigenvalue weighted by molar-refractivity contribution is 0.370. The second kappa shape index (κ2) is 4.85. The number of hydrogen-bond donors (Lipinski definition) is 0. The van der Waals surface area contributed by atoms with Crippen molar-refractivity contribution in [2.45, 2.75) is 6.92 Å². The summed E-state index contributed by atoms with van der Waals surface area (Å²) in [6.45, 7) is 1.99. The lowest BCUT2D eigenvalue weighted by Crippen LogP contribution is -1.92. The van der Waals surface area contributed by atoms with Gasteiger partial charge in [-0.1, -0.05) is 0 Å². The average molecular weight is 272 g/mol. The molecule has 4 nitrogen and oxygen atoms in total. The Hall–Kier alpha value is -2.14. The summed E-state index contributed by atoms with van der Waals surface area (Å²) in [6, 6.07) is 9.44. The van der Waals surface area contributed by atoms with Crippen LogP contribution in [0.4, 0.5) is 0 Å². The summed E-state index contributed by atoms with van der Waals surface area (Å²) < 4.78 is 12.1. The van der Waals surface area contributed by atoms with Crippen LogP contribution in [-0.4, -0.2) is 17.1 Å². The Morgan fingerprint density at radius 3 is 2.95 bits per heavy atom. The Morgan fingerprint density at radius 2 is 2.11 bits per heavy atom. The van der Waals surface area contributed by atoms with Gasteiger partial charge in [0.25, 0.3) is 5.88 Å². The number of nitrogens with zero attached hydrogens (tertiary/aromatic N) is 2. The van der Waals surface area contributed by atoms with Gasteiger partial charge in [-0.2, -0.15) is 0 Å². The van der Waals surface area contributed by atoms with Gasteiger partial charge in [0.05, 0.1) is 22.3 Å². The highest BCUT2D eigenvalue weighted by Crippen LogP contribution is 2.31. The molecule has 96 valence electrons. The molecule has 0 saturated carbocycles. The maximum absolute atomic E-state index is 5.75. The predicted octanol–water partition coefficient (Wildman–Crippen LogP) is 3.80. The van der Waals surface area contributed by atoms with Crippen molar-refractivity contribution in [2.24, 2.45) is 0 Å². The molecule has 2 heterocycles. The summed E-state index contributed by atoms with van der Waals surface area (Å²) in [5, 5.41) is 1.04. The third-order valence-corrected chi connectivity index (χ3v) is 3.59. The first-order chi connectivity index (χ1) is 9.26. The van der Waals surface area contributed by atoms with E-state index in [1.807, 2.05) is 31.2 Å². The van der Waals surface area contributed by atoms with Crippen molar-refractivity contribution in [1.29, 1.82) is 0 Å². The number of methoxy groups -OCH3 is 1. The molecular weight excluding hydrogens is 260 g/mol. The van der Waals surface area contributed by atoms with Gasteiger partial charge in [-0.15, -0.1) is 11.3 Å². The smallest absolute Gasteiger partial charge is 0.262 e. The van der Waals surface area contributed by atoms with Crippen LogP contribution >= 0.6 is 11.3 Å². The summed E-state index contributed by atoms with van der Waals surface area (Å²) in [5.41, 5.74) is 0.940. The van der Waals surface area contributed by atoms with Crippen molar-refractivity contribution in [3.05, 3.63) is 41.5 Å². The van der Waals surface area contributed by atoms with Gasteiger partial charge >= 0.3 is 0 Å². The van der Waals surface area contributed by atoms with Crippen LogP contribution in [0, 0.1) is 6.92 Å². The van der Waals surface area contributed by atoms with Gasteiger partial charge < -0.3 is 9.47 Å². The Kier molecular flexibility index (Phi) is 3.05. The molecule has 0 amide bonds. The van der Waals surface area contributed by atoms with Gasteiger partial charge in [-0.25, -0.2) is 9.97 Å². The third kappa shape index (κ3) is 2.37. The molecule has 5 heteroatoms. The van der Waals surface area contributed by atoms with Crippen LogP contribution in [0.1, 0.15) is 5.01 Å². The lowest BCUT2D eigenvalue weighted by Gasteiger charge is -2.08. The van der Waals surface area contributed by atoms with Crippen LogP contribution in [0.15, 0.2) is 36.5 Å². The van der Waals surface area contributed by atoms with E-state index in [2.05, 4.69) is 9.97 Å². The molecule has 0 aliphatic carbocycles. The summed E-state index contributed by atoms with van der Waals surface area (Å²) in [7, 11) is 1.59. The first kappa shape index (κ1) is 11.9. The molecule has 0 aliphatic rings. The number of aromatic nitrogens is 2. The van der Waals surface area contributed by atoms with E-state index in [1.165, 1.54) is 0 Å². The van der Waals surface area contributed by atoms with Crippen LogP contribution in [0.3, 0.4) is 0 Å². The molecule has 1 aromatic carbocycles. The third-order valence-electron chi connectivity index (χ3n) is 2.64. The zero-order valence-electron chi connectivity index (χ0n) is 10.6. The zero-order valence-corrected chi connectivity index (χ0v) is 11.4. The summed E-state index contributed by atoms with van der Waals surface area (Å²) in [6.07, 6.45) is 1.67. The molecule has 0 fully saturated rings. The molecule has 0 saturated heterocycles. The number of ether oxygens (including phenoxy) is 2. The SMILES string of the molecule is COc1cccnc1Oc1ccc2sc(C)nc2c1. The van der Waals surface area contributed by atoms with E-state index in [-0.39, 0.29) is 0 Å². The molecule has 0 bridgehead atoms. The number of fused-ring (bicyclic) bond motifs is 1. The van der Waals surface area contributed by atoms with E-state index >= 15 is 0 Å². The largest absolute Gasteiger partial charge is 0.491 e. The van der Waals surface area contributed by atoms with Gasteiger partial charge in [-0.05, 0) is 31.2 Å². The van der Waals surface area contributed by atoms with Crippen LogP contribution in [0.25, 0.3) is 10.2 Å². The molecule has 0 N–H and O–H groups in total. The lowest BCUT2D eigenvalue weighted by atomic mass is 10.3. The molecule has 3 aromatic rings. The average Bonchev–Trinajstić information content (AvgIpc) is 2.79. The number of hydrogen-bond acceptors (Lipinski definition) is 5. The van der Waals surface area contributed by atoms with Crippen molar-refractivity contribution < 1.29 is 9.47 Å². The molecule has 2 aromatic heterocycles. The monoisotopic (exact) mass is 272 g/mol. The quantitative estimate of drug-likeness (QED) is 0.727. The Balaban J connectivity index is 1.96. The molecule has 0 aliphatic heterocycles. The highest BCUT2D eigenvalue weighted by Gasteiger charge is 2.08. The fraction of sp³-hybridized carbons (Fsp3) is 0.143. The highest BCUT2D eigenvalue weighted by molar-refractivity contribution is 7.18. The summed E-state index contributed by atoms with van der Waals surface area (Å²) in [5.74, 6) is 1.77. The minimum Gasteiger partial charge on any atom is -0.491 e. The highest BCUT2D eigenvalue weighted by atomic mass is 32.1. The van der Waals surface area contributed by atoms with E-state index in [0.717, 1.165) is 15.2 Å². The van der Waals surface area contributed by atoms with Crippen LogP contribution in [0.2, 0.25) is 0 Å². The fourth-order valence-corrected chi connectivity index (χ4v) is 2.61. The Bertz CT molecular complexity index is 724. The van der Waals surface area contributed by atoms with Gasteiger partial charge in [0.2, 0.25) is 0 Å². The van der Waals surface area contributed by atoms with Crippen LogP contribution in [-0.2, 0) is 0 Å². The van der Waals surface area contributed by atoms with E-state index in [0.29, 0.717) is 17.4 Å². The van der Waals surface area contributed by atoms with E-state index in [1.54, 1.807) is 30.7 Å². The van der Waals surface area contributed by atoms with Crippen LogP contribution in [0.5, 0.6) is 17.4 Å². The Morgan fingerprint density at radius 1 is 1.21 bits per heavy atom. The van der Waals surface area contributed by atoms with Crippen molar-refractivity contribution in [1.82, 2.24) is 9.97 Å². The maximum atomic E-state index is 5.75. The summed E-state index contributed by atoms with van der Waals surface area (Å²) in [4.78, 5) is 8.61. The minimum atomic E-state index is 0.455. The molecular formula is C14H12N2O2S. The van der Waals surface area contributed by atoms with Gasteiger partial charge in [0.15, 0.2) is 5.75 Å². The van der Waals surface area contributed by atoms with E-state index in [4.69, 9.17) is 9.47 Å². The number of pyridine rings is 1. The summed E-state index contributed by atoms with van der Waals surface area (Å²) >= 11 is 1.67. The molecule has 0 spiro atoms. The first-order valence-corrected chi connectivity index (χ1v) is 6.62. The van der Waals surface area contributed by atoms with Crippen LogP contribution < -0.4 is 9.47 Å². The van der Waals surface area contributed by atoms with Crippen molar-refractivity contribution in [3.63, 3.8) is 0 Å². The molecule has 0 radical (unpaired) electrons. The van der Waals surface area contributed by atoms with Gasteiger partial charge in [0.1, 0.15) is 5.75 Å². The second-order valence-corrected chi connectivity index (χ2v) is 5.21. The maximum Gasteiger partial charge on any atom is 0.262 e. The normalized spacial score (nSPS) is 10.6. The minimum absolute atomic E-state index is 0.455. The standard InChI is InChI=1S/C14H12N2O2S/c1-9-16-11-8-10(5-6-13(11)19-9)18-14-12(17-2)4-3-7-15-14/h3-8H,1-2H3.